The van der Waals surface area contributed by atoms with Crippen LogP contribution in [0.2, 0.25) is 0 Å². The Morgan fingerprint density at radius 1 is 0.451 bits per heavy atom. The number of carbonyl (C=O) groups excluding carboxylic acids is 1. The van der Waals surface area contributed by atoms with E-state index in [-0.39, 0.29) is 25.8 Å². The molecule has 0 heterocycles. The molecule has 0 radical (unpaired) electrons. The summed E-state index contributed by atoms with van der Waals surface area (Å²) in [6, 6.07) is 0. The van der Waals surface area contributed by atoms with Crippen LogP contribution in [-0.4, -0.2) is 75.6 Å². The molecular weight excluding hydrogens is 902 g/mol. The molecule has 0 rings (SSSR count). The fourth-order valence-corrected chi connectivity index (χ4v) is 8.97. The Bertz CT molecular complexity index is 1370. The van der Waals surface area contributed by atoms with Gasteiger partial charge in [-0.15, -0.1) is 0 Å². The molecule has 0 saturated carbocycles. The quantitative estimate of drug-likeness (QED) is 0.0213. The molecule has 0 aromatic heterocycles. The fraction of sp³-hybridized carbons (Fsp3) is 0.790. The molecule has 414 valence electrons. The van der Waals surface area contributed by atoms with Gasteiger partial charge < -0.3 is 18.9 Å². The maximum atomic E-state index is 12.8. The van der Waals surface area contributed by atoms with Crippen LogP contribution in [0.5, 0.6) is 0 Å². The van der Waals surface area contributed by atoms with Gasteiger partial charge in [-0.25, -0.2) is 4.57 Å². The molecule has 0 aromatic rings. The van der Waals surface area contributed by atoms with E-state index in [2.05, 4.69) is 86.8 Å². The summed E-state index contributed by atoms with van der Waals surface area (Å²) >= 11 is 0. The van der Waals surface area contributed by atoms with Crippen molar-refractivity contribution in [2.45, 2.75) is 264 Å². The number of hydrogen-bond donors (Lipinski definition) is 1. The highest BCUT2D eigenvalue weighted by Gasteiger charge is 2.26. The number of allylic oxidation sites excluding steroid dienone is 12. The van der Waals surface area contributed by atoms with Gasteiger partial charge in [-0.1, -0.05) is 241 Å². The van der Waals surface area contributed by atoms with E-state index < -0.39 is 13.9 Å². The Morgan fingerprint density at radius 3 is 1.23 bits per heavy atom. The maximum Gasteiger partial charge on any atom is 0.472 e. The number of unbranched alkanes of at least 4 members (excludes halogenated alkanes) is 29. The molecule has 0 aromatic carbocycles. The first-order valence-corrected chi connectivity index (χ1v) is 31.2. The molecule has 0 bridgehead atoms. The van der Waals surface area contributed by atoms with Crippen LogP contribution in [0.4, 0.5) is 0 Å². The lowest BCUT2D eigenvalue weighted by atomic mass is 10.0. The number of rotatable bonds is 55. The van der Waals surface area contributed by atoms with Gasteiger partial charge in [0.25, 0.3) is 0 Å². The summed E-state index contributed by atoms with van der Waals surface area (Å²) in [5, 5.41) is 0. The van der Waals surface area contributed by atoms with Crippen molar-refractivity contribution < 1.29 is 37.3 Å². The first-order valence-electron chi connectivity index (χ1n) is 29.7. The molecule has 0 fully saturated rings. The van der Waals surface area contributed by atoms with Crippen molar-refractivity contribution in [2.75, 3.05) is 54.1 Å². The Kier molecular flexibility index (Phi) is 52.6. The molecular formula is C62H115NO7P+. The van der Waals surface area contributed by atoms with E-state index in [4.69, 9.17) is 18.5 Å². The van der Waals surface area contributed by atoms with E-state index in [0.717, 1.165) is 64.2 Å². The Balaban J connectivity index is 4.06. The molecule has 9 heteroatoms. The second-order valence-electron chi connectivity index (χ2n) is 21.0. The standard InChI is InChI=1S/C62H114NO7P/c1-6-8-10-12-14-16-18-20-22-24-26-28-30-32-33-35-37-39-41-43-45-47-49-51-53-55-62(64)70-61(60-69-71(65,66)68-58-56-63(3,4)5)59-67-57-54-52-50-48-46-44-42-40-38-36-34-31-29-27-25-23-21-19-17-15-13-11-9-7-2/h8,10,14,16,19-22,25-28,61H,6-7,9,11-13,15,17-18,23-24,29-60H2,1-5H3/p+1/b10-8-,16-14-,21-19-,22-20-,27-25-,28-26-. The number of hydrogen-bond acceptors (Lipinski definition) is 6. The number of phosphoric acid groups is 1. The fourth-order valence-electron chi connectivity index (χ4n) is 8.22. The zero-order chi connectivity index (χ0) is 51.9. The van der Waals surface area contributed by atoms with E-state index in [0.29, 0.717) is 24.1 Å². The van der Waals surface area contributed by atoms with E-state index in [1.165, 1.54) is 173 Å². The molecule has 71 heavy (non-hydrogen) atoms. The lowest BCUT2D eigenvalue weighted by Gasteiger charge is -2.24. The predicted molar refractivity (Wildman–Crippen MR) is 307 cm³/mol. The summed E-state index contributed by atoms with van der Waals surface area (Å²) in [6.07, 6.45) is 72.5. The maximum absolute atomic E-state index is 12.8. The SMILES string of the molecule is CC/C=C\C/C=C\C/C=C\C/C=C\CCCCCCCCCCCCCCC(=O)OC(COCCCCCCCCCCCCCC/C=C\C/C=C\CCCCCCC)COP(=O)(O)OCC[N+](C)(C)C. The van der Waals surface area contributed by atoms with Crippen LogP contribution in [0, 0.1) is 0 Å². The van der Waals surface area contributed by atoms with Crippen LogP contribution < -0.4 is 0 Å². The van der Waals surface area contributed by atoms with Gasteiger partial charge in [0, 0.05) is 13.0 Å². The molecule has 0 spiro atoms. The summed E-state index contributed by atoms with van der Waals surface area (Å²) in [7, 11) is 1.67. The number of nitrogens with zero attached hydrogens (tertiary/aromatic N) is 1. The van der Waals surface area contributed by atoms with Gasteiger partial charge in [-0.3, -0.25) is 13.8 Å². The Morgan fingerprint density at radius 2 is 0.817 bits per heavy atom. The molecule has 8 nitrogen and oxygen atoms in total. The second kappa shape index (κ2) is 54.2. The van der Waals surface area contributed by atoms with E-state index in [1.54, 1.807) is 0 Å². The number of likely N-dealkylation sites (N-methyl/N-ethyl adjacent to an activating group) is 1. The van der Waals surface area contributed by atoms with Crippen molar-refractivity contribution in [3.63, 3.8) is 0 Å². The third-order valence-electron chi connectivity index (χ3n) is 12.8. The van der Waals surface area contributed by atoms with Gasteiger partial charge in [0.05, 0.1) is 34.4 Å². The van der Waals surface area contributed by atoms with Crippen LogP contribution >= 0.6 is 7.82 Å². The highest BCUT2D eigenvalue weighted by Crippen LogP contribution is 2.43. The average Bonchev–Trinajstić information content (AvgIpc) is 3.33. The van der Waals surface area contributed by atoms with Gasteiger partial charge in [0.2, 0.25) is 0 Å². The Hall–Kier alpha value is -2.06. The molecule has 0 aliphatic heterocycles. The number of esters is 1. The summed E-state index contributed by atoms with van der Waals surface area (Å²) in [6.45, 7) is 5.52. The molecule has 0 saturated heterocycles. The number of phosphoric ester groups is 1. The van der Waals surface area contributed by atoms with Crippen molar-refractivity contribution >= 4 is 13.8 Å². The van der Waals surface area contributed by atoms with Crippen LogP contribution in [0.15, 0.2) is 72.9 Å². The van der Waals surface area contributed by atoms with Crippen molar-refractivity contribution in [1.29, 1.82) is 0 Å². The minimum absolute atomic E-state index is 0.0861. The molecule has 2 unspecified atom stereocenters. The molecule has 1 N–H and O–H groups in total. The lowest BCUT2D eigenvalue weighted by molar-refractivity contribution is -0.870. The van der Waals surface area contributed by atoms with Crippen LogP contribution in [0.1, 0.15) is 258 Å². The third-order valence-corrected chi connectivity index (χ3v) is 13.7. The van der Waals surface area contributed by atoms with Gasteiger partial charge in [-0.2, -0.15) is 0 Å². The summed E-state index contributed by atoms with van der Waals surface area (Å²) in [5.41, 5.74) is 0. The number of carbonyl (C=O) groups is 1. The van der Waals surface area contributed by atoms with Crippen molar-refractivity contribution in [2.24, 2.45) is 0 Å². The summed E-state index contributed by atoms with van der Waals surface area (Å²) < 4.78 is 35.3. The van der Waals surface area contributed by atoms with Crippen LogP contribution in [-0.2, 0) is 27.9 Å². The third kappa shape index (κ3) is 58.7. The summed E-state index contributed by atoms with van der Waals surface area (Å²) in [5.74, 6) is -0.315. The minimum atomic E-state index is -4.29. The monoisotopic (exact) mass is 1020 g/mol. The molecule has 0 amide bonds. The number of quaternary nitrogens is 1. The van der Waals surface area contributed by atoms with Gasteiger partial charge in [0.15, 0.2) is 0 Å². The molecule has 2 atom stereocenters. The van der Waals surface area contributed by atoms with Crippen molar-refractivity contribution in [1.82, 2.24) is 0 Å². The lowest BCUT2D eigenvalue weighted by Crippen LogP contribution is -2.37. The zero-order valence-corrected chi connectivity index (χ0v) is 48.1. The van der Waals surface area contributed by atoms with Crippen molar-refractivity contribution in [3.05, 3.63) is 72.9 Å². The first kappa shape index (κ1) is 68.9. The summed E-state index contributed by atoms with van der Waals surface area (Å²) in [4.78, 5) is 23.1. The number of ether oxygens (including phenoxy) is 2. The average molecular weight is 1020 g/mol. The van der Waals surface area contributed by atoms with Gasteiger partial charge in [-0.05, 0) is 83.5 Å². The smallest absolute Gasteiger partial charge is 0.457 e. The van der Waals surface area contributed by atoms with Crippen LogP contribution in [0.3, 0.4) is 0 Å². The largest absolute Gasteiger partial charge is 0.472 e. The highest BCUT2D eigenvalue weighted by atomic mass is 31.2. The first-order chi connectivity index (χ1) is 34.6. The van der Waals surface area contributed by atoms with E-state index >= 15 is 0 Å². The molecule has 0 aliphatic carbocycles. The van der Waals surface area contributed by atoms with Crippen LogP contribution in [0.25, 0.3) is 0 Å². The second-order valence-corrected chi connectivity index (χ2v) is 22.4. The zero-order valence-electron chi connectivity index (χ0n) is 47.2. The predicted octanol–water partition coefficient (Wildman–Crippen LogP) is 19.0. The van der Waals surface area contributed by atoms with E-state index in [9.17, 15) is 14.3 Å². The Labute approximate surface area is 440 Å². The molecule has 0 aliphatic rings. The highest BCUT2D eigenvalue weighted by molar-refractivity contribution is 7.47. The minimum Gasteiger partial charge on any atom is -0.457 e. The van der Waals surface area contributed by atoms with E-state index in [1.807, 2.05) is 21.1 Å². The van der Waals surface area contributed by atoms with Gasteiger partial charge in [0.1, 0.15) is 19.3 Å². The normalized spacial score (nSPS) is 13.9. The van der Waals surface area contributed by atoms with Gasteiger partial charge >= 0.3 is 13.8 Å². The topological polar surface area (TPSA) is 91.3 Å². The van der Waals surface area contributed by atoms with Crippen molar-refractivity contribution in [3.8, 4) is 0 Å².